The highest BCUT2D eigenvalue weighted by molar-refractivity contribution is 6.42. The summed E-state index contributed by atoms with van der Waals surface area (Å²) in [6, 6.07) is 8.85. The van der Waals surface area contributed by atoms with E-state index in [1.165, 1.54) is 12.8 Å². The third-order valence-corrected chi connectivity index (χ3v) is 5.29. The van der Waals surface area contributed by atoms with Crippen LogP contribution in [0.25, 0.3) is 11.1 Å². The van der Waals surface area contributed by atoms with Crippen molar-refractivity contribution < 1.29 is 4.79 Å². The summed E-state index contributed by atoms with van der Waals surface area (Å²) >= 11 is 11.9. The number of carbonyl (C=O) groups is 1. The van der Waals surface area contributed by atoms with Gasteiger partial charge in [-0.25, -0.2) is 0 Å². The van der Waals surface area contributed by atoms with Crippen LogP contribution in [0, 0.1) is 0 Å². The van der Waals surface area contributed by atoms with Gasteiger partial charge in [-0.3, -0.25) is 14.5 Å². The van der Waals surface area contributed by atoms with E-state index in [0.29, 0.717) is 34.6 Å². The predicted octanol–water partition coefficient (Wildman–Crippen LogP) is 4.56. The van der Waals surface area contributed by atoms with E-state index < -0.39 is 0 Å². The van der Waals surface area contributed by atoms with Crippen LogP contribution in [-0.4, -0.2) is 27.2 Å². The Bertz CT molecular complexity index is 967. The lowest BCUT2D eigenvalue weighted by atomic mass is 10.1. The smallest absolute Gasteiger partial charge is 0.251 e. The van der Waals surface area contributed by atoms with Crippen LogP contribution < -0.4 is 5.32 Å². The minimum Gasteiger partial charge on any atom is -0.350 e. The fourth-order valence-electron chi connectivity index (χ4n) is 2.99. The minimum absolute atomic E-state index is 0.183. The van der Waals surface area contributed by atoms with Gasteiger partial charge in [0, 0.05) is 42.2 Å². The predicted molar refractivity (Wildman–Crippen MR) is 106 cm³/mol. The maximum atomic E-state index is 12.3. The number of amides is 1. The molecule has 0 bridgehead atoms. The topological polar surface area (TPSA) is 59.8 Å². The Kier molecular flexibility index (Phi) is 5.14. The van der Waals surface area contributed by atoms with Crippen molar-refractivity contribution in [3.05, 3.63) is 70.2 Å². The summed E-state index contributed by atoms with van der Waals surface area (Å²) in [7, 11) is 0. The molecule has 1 N–H and O–H groups in total. The monoisotopic (exact) mass is 400 g/mol. The molecule has 1 aliphatic carbocycles. The van der Waals surface area contributed by atoms with Crippen molar-refractivity contribution in [1.29, 1.82) is 0 Å². The van der Waals surface area contributed by atoms with Gasteiger partial charge in [0.1, 0.15) is 0 Å². The van der Waals surface area contributed by atoms with Crippen LogP contribution in [0.3, 0.4) is 0 Å². The van der Waals surface area contributed by atoms with E-state index in [4.69, 9.17) is 28.3 Å². The lowest BCUT2D eigenvalue weighted by molar-refractivity contribution is 0.0952. The quantitative estimate of drug-likeness (QED) is 0.659. The molecule has 27 heavy (non-hydrogen) atoms. The third kappa shape index (κ3) is 4.15. The van der Waals surface area contributed by atoms with Crippen molar-refractivity contribution in [3.8, 4) is 11.1 Å². The summed E-state index contributed by atoms with van der Waals surface area (Å²) in [5.74, 6) is 0.359. The van der Waals surface area contributed by atoms with Crippen LogP contribution >= 0.6 is 23.2 Å². The van der Waals surface area contributed by atoms with Gasteiger partial charge in [0.25, 0.3) is 5.91 Å². The standard InChI is InChI=1S/C20H18Cl2N4O/c21-17-4-3-15(11-18(17)22)20(27)24-9-10-26-12-16(13-5-7-23-8-6-13)19(25-26)14-1-2-14/h3-8,11-12,14H,1-2,9-10H2,(H,24,27). The molecule has 2 heterocycles. The lowest BCUT2D eigenvalue weighted by Gasteiger charge is -2.06. The van der Waals surface area contributed by atoms with Crippen LogP contribution in [0.5, 0.6) is 0 Å². The summed E-state index contributed by atoms with van der Waals surface area (Å²) in [6.45, 7) is 1.07. The van der Waals surface area contributed by atoms with Gasteiger partial charge in [0.2, 0.25) is 0 Å². The van der Waals surface area contributed by atoms with E-state index in [9.17, 15) is 4.79 Å². The molecule has 0 saturated heterocycles. The first-order chi connectivity index (χ1) is 13.1. The van der Waals surface area contributed by atoms with Crippen molar-refractivity contribution in [2.24, 2.45) is 0 Å². The molecule has 1 fully saturated rings. The van der Waals surface area contributed by atoms with E-state index >= 15 is 0 Å². The van der Waals surface area contributed by atoms with Crippen molar-refractivity contribution >= 4 is 29.1 Å². The Balaban J connectivity index is 1.43. The second-order valence-corrected chi connectivity index (χ2v) is 7.40. The van der Waals surface area contributed by atoms with E-state index in [1.54, 1.807) is 30.6 Å². The number of carbonyl (C=O) groups excluding carboxylic acids is 1. The van der Waals surface area contributed by atoms with Crippen LogP contribution in [0.15, 0.2) is 48.9 Å². The molecule has 4 rings (SSSR count). The van der Waals surface area contributed by atoms with E-state index in [-0.39, 0.29) is 5.91 Å². The number of hydrogen-bond donors (Lipinski definition) is 1. The average molecular weight is 401 g/mol. The molecule has 1 amide bonds. The number of pyridine rings is 1. The molecule has 2 aromatic heterocycles. The lowest BCUT2D eigenvalue weighted by Crippen LogP contribution is -2.27. The minimum atomic E-state index is -0.183. The molecule has 0 aliphatic heterocycles. The third-order valence-electron chi connectivity index (χ3n) is 4.55. The first kappa shape index (κ1) is 18.0. The molecule has 0 unspecified atom stereocenters. The molecule has 0 radical (unpaired) electrons. The van der Waals surface area contributed by atoms with Gasteiger partial charge in [-0.2, -0.15) is 5.10 Å². The molecular weight excluding hydrogens is 383 g/mol. The molecule has 1 aliphatic rings. The van der Waals surface area contributed by atoms with Gasteiger partial charge in [0.15, 0.2) is 0 Å². The summed E-state index contributed by atoms with van der Waals surface area (Å²) in [6.07, 6.45) is 8.00. The Morgan fingerprint density at radius 3 is 2.63 bits per heavy atom. The van der Waals surface area contributed by atoms with Gasteiger partial charge in [-0.15, -0.1) is 0 Å². The highest BCUT2D eigenvalue weighted by Crippen LogP contribution is 2.43. The Labute approximate surface area is 167 Å². The molecule has 3 aromatic rings. The maximum Gasteiger partial charge on any atom is 0.251 e. The number of aromatic nitrogens is 3. The molecule has 0 spiro atoms. The first-order valence-corrected chi connectivity index (χ1v) is 9.58. The van der Waals surface area contributed by atoms with Crippen LogP contribution in [0.4, 0.5) is 0 Å². The normalized spacial score (nSPS) is 13.6. The van der Waals surface area contributed by atoms with Gasteiger partial charge in [-0.05, 0) is 48.7 Å². The Morgan fingerprint density at radius 2 is 1.93 bits per heavy atom. The molecule has 7 heteroatoms. The molecule has 138 valence electrons. The number of nitrogens with one attached hydrogen (secondary N) is 1. The van der Waals surface area contributed by atoms with Crippen molar-refractivity contribution in [2.75, 3.05) is 6.54 Å². The summed E-state index contributed by atoms with van der Waals surface area (Å²) in [5.41, 5.74) is 3.90. The van der Waals surface area contributed by atoms with Crippen LogP contribution in [0.1, 0.15) is 34.8 Å². The van der Waals surface area contributed by atoms with Crippen molar-refractivity contribution in [3.63, 3.8) is 0 Å². The second kappa shape index (κ2) is 7.71. The summed E-state index contributed by atoms with van der Waals surface area (Å²) < 4.78 is 1.90. The van der Waals surface area contributed by atoms with Crippen LogP contribution in [-0.2, 0) is 6.54 Å². The highest BCUT2D eigenvalue weighted by Gasteiger charge is 2.29. The second-order valence-electron chi connectivity index (χ2n) is 6.59. The largest absolute Gasteiger partial charge is 0.350 e. The van der Waals surface area contributed by atoms with E-state index in [0.717, 1.165) is 16.8 Å². The van der Waals surface area contributed by atoms with Gasteiger partial charge in [-0.1, -0.05) is 23.2 Å². The number of rotatable bonds is 6. The first-order valence-electron chi connectivity index (χ1n) is 8.83. The van der Waals surface area contributed by atoms with Gasteiger partial charge in [0.05, 0.1) is 22.3 Å². The zero-order chi connectivity index (χ0) is 18.8. The molecule has 5 nitrogen and oxygen atoms in total. The van der Waals surface area contributed by atoms with E-state index in [2.05, 4.69) is 10.3 Å². The SMILES string of the molecule is O=C(NCCn1cc(-c2ccncc2)c(C2CC2)n1)c1ccc(Cl)c(Cl)c1. The maximum absolute atomic E-state index is 12.3. The van der Waals surface area contributed by atoms with Crippen molar-refractivity contribution in [1.82, 2.24) is 20.1 Å². The molecular formula is C20H18Cl2N4O. The van der Waals surface area contributed by atoms with Gasteiger partial charge >= 0.3 is 0 Å². The van der Waals surface area contributed by atoms with Gasteiger partial charge < -0.3 is 5.32 Å². The fourth-order valence-corrected chi connectivity index (χ4v) is 3.28. The summed E-state index contributed by atoms with van der Waals surface area (Å²) in [5, 5.41) is 8.45. The summed E-state index contributed by atoms with van der Waals surface area (Å²) in [4.78, 5) is 16.3. The number of nitrogens with zero attached hydrogens (tertiary/aromatic N) is 3. The number of hydrogen-bond acceptors (Lipinski definition) is 3. The Hall–Kier alpha value is -2.37. The Morgan fingerprint density at radius 1 is 1.15 bits per heavy atom. The van der Waals surface area contributed by atoms with E-state index in [1.807, 2.05) is 23.0 Å². The molecule has 1 saturated carbocycles. The van der Waals surface area contributed by atoms with Crippen LogP contribution in [0.2, 0.25) is 10.0 Å². The fraction of sp³-hybridized carbons (Fsp3) is 0.250. The van der Waals surface area contributed by atoms with Crippen molar-refractivity contribution in [2.45, 2.75) is 25.3 Å². The highest BCUT2D eigenvalue weighted by atomic mass is 35.5. The zero-order valence-electron chi connectivity index (χ0n) is 14.5. The molecule has 0 atom stereocenters. The number of halogens is 2. The molecule has 1 aromatic carbocycles. The average Bonchev–Trinajstić information content (AvgIpc) is 3.44. The zero-order valence-corrected chi connectivity index (χ0v) is 16.0. The number of benzene rings is 1.